The van der Waals surface area contributed by atoms with Gasteiger partial charge in [0.1, 0.15) is 0 Å². The second kappa shape index (κ2) is 2.90. The average Bonchev–Trinajstić information content (AvgIpc) is 2.40. The van der Waals surface area contributed by atoms with Crippen molar-refractivity contribution in [1.29, 1.82) is 0 Å². The largest absolute Gasteiger partial charge is 0.294 e. The van der Waals surface area contributed by atoms with Crippen molar-refractivity contribution in [3.8, 4) is 0 Å². The number of nitrogens with zero attached hydrogens (tertiary/aromatic N) is 1. The molecule has 0 amide bonds. The third-order valence-corrected chi connectivity index (χ3v) is 3.72. The summed E-state index contributed by atoms with van der Waals surface area (Å²) < 4.78 is 31.3. The van der Waals surface area contributed by atoms with Crippen LogP contribution in [0.1, 0.15) is 12.5 Å². The number of hydrogen-bond donors (Lipinski definition) is 1. The van der Waals surface area contributed by atoms with E-state index in [1.54, 1.807) is 6.07 Å². The van der Waals surface area contributed by atoms with Crippen LogP contribution in [0.4, 0.5) is 0 Å². The van der Waals surface area contributed by atoms with Crippen LogP contribution < -0.4 is 10.6 Å². The van der Waals surface area contributed by atoms with E-state index in [0.717, 1.165) is 10.8 Å². The van der Waals surface area contributed by atoms with Crippen molar-refractivity contribution in [1.82, 2.24) is 0 Å². The second-order valence-corrected chi connectivity index (χ2v) is 5.62. The van der Waals surface area contributed by atoms with Crippen molar-refractivity contribution < 1.29 is 13.0 Å². The molecule has 1 atom stereocenters. The Kier molecular flexibility index (Phi) is 1.99. The minimum Gasteiger partial charge on any atom is -0.283 e. The van der Waals surface area contributed by atoms with Crippen LogP contribution >= 0.6 is 0 Å². The van der Waals surface area contributed by atoms with Gasteiger partial charge in [-0.3, -0.25) is 9.55 Å². The van der Waals surface area contributed by atoms with Gasteiger partial charge in [0.15, 0.2) is 0 Å². The zero-order valence-electron chi connectivity index (χ0n) is 8.43. The Morgan fingerprint density at radius 3 is 2.67 bits per heavy atom. The molecule has 1 aliphatic rings. The number of aryl methyl sites for hydroxylation is 1. The Bertz CT molecular complexity index is 633. The fourth-order valence-electron chi connectivity index (χ4n) is 1.58. The van der Waals surface area contributed by atoms with Crippen molar-refractivity contribution in [3.05, 3.63) is 34.3 Å². The number of fused-ring (bicyclic) bond motifs is 1. The van der Waals surface area contributed by atoms with E-state index in [1.165, 1.54) is 13.0 Å². The Hall–Kier alpha value is -1.20. The smallest absolute Gasteiger partial charge is 0.283 e. The van der Waals surface area contributed by atoms with E-state index in [-0.39, 0.29) is 0 Å². The Labute approximate surface area is 87.7 Å². The highest BCUT2D eigenvalue weighted by Crippen LogP contribution is 2.20. The first kappa shape index (κ1) is 10.3. The molecule has 0 radical (unpaired) electrons. The Morgan fingerprint density at radius 1 is 1.40 bits per heavy atom. The maximum absolute atomic E-state index is 11.1. The standard InChI is InChI=1S/C10H11NO3S/c1-7-3-4-9-8(5-7)6-10(2,11-9)15(12,13)14/h3-6H,1-2H3,(H,12,13,14). The summed E-state index contributed by atoms with van der Waals surface area (Å²) >= 11 is 0. The molecule has 5 heteroatoms. The van der Waals surface area contributed by atoms with E-state index in [4.69, 9.17) is 4.55 Å². The first-order chi connectivity index (χ1) is 6.82. The van der Waals surface area contributed by atoms with Crippen LogP contribution in [-0.4, -0.2) is 17.8 Å². The molecule has 0 saturated heterocycles. The van der Waals surface area contributed by atoms with Crippen LogP contribution in [0, 0.1) is 6.92 Å². The molecular weight excluding hydrogens is 214 g/mol. The van der Waals surface area contributed by atoms with Gasteiger partial charge in [-0.25, -0.2) is 0 Å². The van der Waals surface area contributed by atoms with Gasteiger partial charge in [-0.15, -0.1) is 0 Å². The molecule has 1 heterocycles. The number of hydrogen-bond acceptors (Lipinski definition) is 3. The summed E-state index contributed by atoms with van der Waals surface area (Å²) in [5, 5.41) is 1.34. The van der Waals surface area contributed by atoms with Gasteiger partial charge in [-0.2, -0.15) is 8.42 Å². The summed E-state index contributed by atoms with van der Waals surface area (Å²) in [6.07, 6.45) is 1.46. The first-order valence-electron chi connectivity index (χ1n) is 4.48. The highest BCUT2D eigenvalue weighted by atomic mass is 32.2. The van der Waals surface area contributed by atoms with Crippen molar-refractivity contribution in [2.24, 2.45) is 4.99 Å². The predicted octanol–water partition coefficient (Wildman–Crippen LogP) is 0.0127. The van der Waals surface area contributed by atoms with Crippen LogP contribution in [0.25, 0.3) is 6.08 Å². The summed E-state index contributed by atoms with van der Waals surface area (Å²) in [6, 6.07) is 5.44. The maximum atomic E-state index is 11.1. The third kappa shape index (κ3) is 1.57. The molecule has 4 nitrogen and oxygen atoms in total. The van der Waals surface area contributed by atoms with Gasteiger partial charge in [0.05, 0.1) is 5.36 Å². The summed E-state index contributed by atoms with van der Waals surface area (Å²) in [5.74, 6) is 0. The first-order valence-corrected chi connectivity index (χ1v) is 5.92. The zero-order chi connectivity index (χ0) is 11.3. The third-order valence-electron chi connectivity index (χ3n) is 2.47. The molecule has 80 valence electrons. The lowest BCUT2D eigenvalue weighted by Crippen LogP contribution is -2.29. The maximum Gasteiger partial charge on any atom is 0.294 e. The van der Waals surface area contributed by atoms with Gasteiger partial charge in [-0.1, -0.05) is 17.7 Å². The Morgan fingerprint density at radius 2 is 2.07 bits per heavy atom. The van der Waals surface area contributed by atoms with Crippen molar-refractivity contribution >= 4 is 16.2 Å². The van der Waals surface area contributed by atoms with Gasteiger partial charge >= 0.3 is 0 Å². The predicted molar refractivity (Wildman–Crippen MR) is 56.4 cm³/mol. The molecule has 1 aliphatic heterocycles. The molecule has 2 rings (SSSR count). The molecule has 0 bridgehead atoms. The molecule has 0 spiro atoms. The van der Waals surface area contributed by atoms with E-state index in [1.807, 2.05) is 19.1 Å². The highest BCUT2D eigenvalue weighted by Gasteiger charge is 2.37. The fraction of sp³-hybridized carbons (Fsp3) is 0.300. The molecule has 0 aliphatic carbocycles. The van der Waals surface area contributed by atoms with E-state index in [2.05, 4.69) is 4.99 Å². The van der Waals surface area contributed by atoms with E-state index >= 15 is 0 Å². The van der Waals surface area contributed by atoms with Crippen molar-refractivity contribution in [2.45, 2.75) is 18.7 Å². The van der Waals surface area contributed by atoms with E-state index < -0.39 is 15.0 Å². The summed E-state index contributed by atoms with van der Waals surface area (Å²) in [4.78, 5) is 2.46. The van der Waals surface area contributed by atoms with Crippen LogP contribution in [-0.2, 0) is 10.1 Å². The topological polar surface area (TPSA) is 66.7 Å². The number of rotatable bonds is 1. The molecule has 1 aromatic carbocycles. The minimum absolute atomic E-state index is 0.598. The van der Waals surface area contributed by atoms with Gasteiger partial charge in [-0.05, 0) is 31.2 Å². The van der Waals surface area contributed by atoms with Gasteiger partial charge < -0.3 is 0 Å². The summed E-state index contributed by atoms with van der Waals surface area (Å²) in [7, 11) is -4.20. The average molecular weight is 225 g/mol. The monoisotopic (exact) mass is 225 g/mol. The lowest BCUT2D eigenvalue weighted by Gasteiger charge is -2.13. The molecule has 0 aromatic heterocycles. The normalized spacial score (nSPS) is 24.2. The lowest BCUT2D eigenvalue weighted by atomic mass is 10.2. The molecule has 0 fully saturated rings. The van der Waals surface area contributed by atoms with Gasteiger partial charge in [0.2, 0.25) is 4.87 Å². The van der Waals surface area contributed by atoms with Crippen molar-refractivity contribution in [3.63, 3.8) is 0 Å². The quantitative estimate of drug-likeness (QED) is 0.685. The van der Waals surface area contributed by atoms with Crippen LogP contribution in [0.3, 0.4) is 0 Å². The van der Waals surface area contributed by atoms with Crippen LogP contribution in [0.15, 0.2) is 23.2 Å². The second-order valence-electron chi connectivity index (χ2n) is 3.85. The molecule has 15 heavy (non-hydrogen) atoms. The van der Waals surface area contributed by atoms with Gasteiger partial charge in [0, 0.05) is 0 Å². The fourth-order valence-corrected chi connectivity index (χ4v) is 2.07. The Balaban J connectivity index is 2.77. The molecule has 1 aromatic rings. The van der Waals surface area contributed by atoms with Crippen LogP contribution in [0.2, 0.25) is 0 Å². The van der Waals surface area contributed by atoms with E-state index in [9.17, 15) is 8.42 Å². The summed E-state index contributed by atoms with van der Waals surface area (Å²) in [5.41, 5.74) is 1.03. The van der Waals surface area contributed by atoms with Gasteiger partial charge in [0.25, 0.3) is 10.1 Å². The zero-order valence-corrected chi connectivity index (χ0v) is 9.25. The highest BCUT2D eigenvalue weighted by molar-refractivity contribution is 7.87. The van der Waals surface area contributed by atoms with E-state index in [0.29, 0.717) is 5.36 Å². The molecule has 1 N–H and O–H groups in total. The van der Waals surface area contributed by atoms with Crippen LogP contribution in [0.5, 0.6) is 0 Å². The molecule has 1 unspecified atom stereocenters. The SMILES string of the molecule is Cc1ccc2c(c1)=CC(C)(S(=O)(=O)O)N=2. The van der Waals surface area contributed by atoms with Crippen molar-refractivity contribution in [2.75, 3.05) is 0 Å². The minimum atomic E-state index is -4.20. The lowest BCUT2D eigenvalue weighted by molar-refractivity contribution is 0.460. The number of benzene rings is 1. The molecular formula is C10H11NO3S. The molecule has 0 saturated carbocycles. The summed E-state index contributed by atoms with van der Waals surface area (Å²) in [6.45, 7) is 3.29.